The lowest BCUT2D eigenvalue weighted by molar-refractivity contribution is 0.0952. The van der Waals surface area contributed by atoms with Crippen LogP contribution in [-0.2, 0) is 0 Å². The summed E-state index contributed by atoms with van der Waals surface area (Å²) in [5, 5.41) is 8.64. The fraction of sp³-hybridized carbons (Fsp3) is 0.423. The molecule has 33 heavy (non-hydrogen) atoms. The monoisotopic (exact) mass is 469 g/mol. The van der Waals surface area contributed by atoms with Crippen LogP contribution in [0.4, 0.5) is 5.69 Å². The van der Waals surface area contributed by atoms with Gasteiger partial charge in [-0.05, 0) is 61.5 Å². The maximum Gasteiger partial charge on any atom is 0.257 e. The topological polar surface area (TPSA) is 79.5 Å². The molecule has 0 unspecified atom stereocenters. The highest BCUT2D eigenvalue weighted by Gasteiger charge is 2.13. The lowest BCUT2D eigenvalue weighted by atomic mass is 10.1. The van der Waals surface area contributed by atoms with Gasteiger partial charge in [-0.3, -0.25) is 14.9 Å². The number of para-hydroxylation sites is 1. The van der Waals surface area contributed by atoms with Crippen molar-refractivity contribution in [1.82, 2.24) is 10.6 Å². The zero-order valence-corrected chi connectivity index (χ0v) is 20.4. The minimum atomic E-state index is -0.330. The molecule has 3 N–H and O–H groups in total. The molecule has 0 aliphatic heterocycles. The van der Waals surface area contributed by atoms with Crippen molar-refractivity contribution < 1.29 is 14.3 Å². The van der Waals surface area contributed by atoms with Gasteiger partial charge >= 0.3 is 0 Å². The fourth-order valence-corrected chi connectivity index (χ4v) is 3.39. The van der Waals surface area contributed by atoms with E-state index in [9.17, 15) is 9.59 Å². The largest absolute Gasteiger partial charge is 0.494 e. The molecule has 2 aromatic carbocycles. The van der Waals surface area contributed by atoms with Gasteiger partial charge in [0.15, 0.2) is 5.11 Å². The van der Waals surface area contributed by atoms with Gasteiger partial charge < -0.3 is 15.4 Å². The minimum Gasteiger partial charge on any atom is -0.494 e. The number of ether oxygens (including phenoxy) is 1. The molecule has 0 atom stereocenters. The van der Waals surface area contributed by atoms with Crippen LogP contribution < -0.4 is 20.7 Å². The summed E-state index contributed by atoms with van der Waals surface area (Å²) in [4.78, 5) is 25.0. The summed E-state index contributed by atoms with van der Waals surface area (Å²) < 4.78 is 5.74. The first-order chi connectivity index (χ1) is 16.0. The van der Waals surface area contributed by atoms with E-state index in [0.717, 1.165) is 25.0 Å². The quantitative estimate of drug-likeness (QED) is 0.259. The summed E-state index contributed by atoms with van der Waals surface area (Å²) in [5.41, 5.74) is 1.49. The summed E-state index contributed by atoms with van der Waals surface area (Å²) in [5.74, 6) is 0.232. The predicted molar refractivity (Wildman–Crippen MR) is 138 cm³/mol. The van der Waals surface area contributed by atoms with E-state index in [1.807, 2.05) is 0 Å². The van der Waals surface area contributed by atoms with Crippen molar-refractivity contribution in [1.29, 1.82) is 0 Å². The van der Waals surface area contributed by atoms with E-state index in [4.69, 9.17) is 17.0 Å². The number of rotatable bonds is 13. The molecule has 2 rings (SSSR count). The van der Waals surface area contributed by atoms with Crippen LogP contribution in [0.15, 0.2) is 48.5 Å². The van der Waals surface area contributed by atoms with Crippen LogP contribution in [-0.4, -0.2) is 30.1 Å². The lowest BCUT2D eigenvalue weighted by Gasteiger charge is -2.14. The fourth-order valence-electron chi connectivity index (χ4n) is 3.19. The maximum atomic E-state index is 12.6. The highest BCUT2D eigenvalue weighted by molar-refractivity contribution is 7.80. The molecule has 0 saturated heterocycles. The predicted octanol–water partition coefficient (Wildman–Crippen LogP) is 5.69. The molecule has 0 spiro atoms. The Morgan fingerprint density at radius 1 is 0.848 bits per heavy atom. The Morgan fingerprint density at radius 3 is 2.27 bits per heavy atom. The Morgan fingerprint density at radius 2 is 1.55 bits per heavy atom. The van der Waals surface area contributed by atoms with E-state index in [1.165, 1.54) is 25.7 Å². The number of benzene rings is 2. The van der Waals surface area contributed by atoms with E-state index < -0.39 is 0 Å². The second-order valence-corrected chi connectivity index (χ2v) is 8.26. The highest BCUT2D eigenvalue weighted by Crippen LogP contribution is 2.16. The average Bonchev–Trinajstić information content (AvgIpc) is 2.82. The molecule has 0 radical (unpaired) electrons. The molecule has 0 bridgehead atoms. The van der Waals surface area contributed by atoms with Gasteiger partial charge in [0.2, 0.25) is 0 Å². The molecule has 0 aromatic heterocycles. The second kappa shape index (κ2) is 15.0. The highest BCUT2D eigenvalue weighted by atomic mass is 32.1. The van der Waals surface area contributed by atoms with Gasteiger partial charge in [0.1, 0.15) is 5.75 Å². The number of carbonyl (C=O) groups is 2. The summed E-state index contributed by atoms with van der Waals surface area (Å²) in [6, 6.07) is 14.0. The molecule has 2 amide bonds. The number of carbonyl (C=O) groups excluding carboxylic acids is 2. The van der Waals surface area contributed by atoms with Gasteiger partial charge in [0, 0.05) is 12.1 Å². The normalized spacial score (nSPS) is 10.4. The van der Waals surface area contributed by atoms with Crippen LogP contribution >= 0.6 is 12.2 Å². The zero-order valence-electron chi connectivity index (χ0n) is 19.6. The molecule has 0 fully saturated rings. The first-order valence-corrected chi connectivity index (χ1v) is 12.2. The third-order valence-corrected chi connectivity index (χ3v) is 5.30. The lowest BCUT2D eigenvalue weighted by Crippen LogP contribution is -2.35. The Hall–Kier alpha value is -2.93. The molecular formula is C26H35N3O3S. The van der Waals surface area contributed by atoms with Crippen molar-refractivity contribution >= 4 is 34.8 Å². The molecular weight excluding hydrogens is 434 g/mol. The summed E-state index contributed by atoms with van der Waals surface area (Å²) in [7, 11) is 0. The standard InChI is InChI=1S/C26H35N3O3S/c1-3-5-7-8-11-19-32-21-16-14-20(15-17-21)24(30)29-26(33)28-23-13-10-9-12-22(23)25(31)27-18-6-4-2/h9-10,12-17H,3-8,11,18-19H2,1-2H3,(H,27,31)(H2,28,29,30,33). The Bertz CT molecular complexity index is 900. The molecule has 7 heteroatoms. The van der Waals surface area contributed by atoms with E-state index in [-0.39, 0.29) is 16.9 Å². The van der Waals surface area contributed by atoms with Gasteiger partial charge in [-0.25, -0.2) is 0 Å². The van der Waals surface area contributed by atoms with Gasteiger partial charge in [-0.15, -0.1) is 0 Å². The number of hydrogen-bond donors (Lipinski definition) is 3. The van der Waals surface area contributed by atoms with Crippen molar-refractivity contribution in [3.05, 3.63) is 59.7 Å². The Kier molecular flexibility index (Phi) is 12.0. The van der Waals surface area contributed by atoms with Crippen molar-refractivity contribution in [3.8, 4) is 5.75 Å². The molecule has 0 aliphatic rings. The van der Waals surface area contributed by atoms with Crippen molar-refractivity contribution in [3.63, 3.8) is 0 Å². The van der Waals surface area contributed by atoms with Crippen molar-refractivity contribution in [2.45, 2.75) is 58.8 Å². The van der Waals surface area contributed by atoms with Crippen LogP contribution in [0.5, 0.6) is 5.75 Å². The van der Waals surface area contributed by atoms with Crippen molar-refractivity contribution in [2.24, 2.45) is 0 Å². The van der Waals surface area contributed by atoms with Crippen LogP contribution in [0.1, 0.15) is 79.5 Å². The molecule has 0 aliphatic carbocycles. The molecule has 178 valence electrons. The Balaban J connectivity index is 1.85. The average molecular weight is 470 g/mol. The summed E-state index contributed by atoms with van der Waals surface area (Å²) >= 11 is 5.29. The zero-order chi connectivity index (χ0) is 23.9. The van der Waals surface area contributed by atoms with Gasteiger partial charge in [0.05, 0.1) is 17.9 Å². The van der Waals surface area contributed by atoms with E-state index in [2.05, 4.69) is 29.8 Å². The summed E-state index contributed by atoms with van der Waals surface area (Å²) in [6.07, 6.45) is 7.84. The molecule has 6 nitrogen and oxygen atoms in total. The van der Waals surface area contributed by atoms with E-state index >= 15 is 0 Å². The number of thiocarbonyl (C=S) groups is 1. The van der Waals surface area contributed by atoms with Crippen LogP contribution in [0.2, 0.25) is 0 Å². The van der Waals surface area contributed by atoms with Gasteiger partial charge in [0.25, 0.3) is 11.8 Å². The maximum absolute atomic E-state index is 12.6. The minimum absolute atomic E-state index is 0.126. The van der Waals surface area contributed by atoms with Gasteiger partial charge in [-0.1, -0.05) is 58.1 Å². The first kappa shape index (κ1) is 26.3. The number of hydrogen-bond acceptors (Lipinski definition) is 4. The second-order valence-electron chi connectivity index (χ2n) is 7.85. The van der Waals surface area contributed by atoms with Crippen LogP contribution in [0.3, 0.4) is 0 Å². The number of amides is 2. The third-order valence-electron chi connectivity index (χ3n) is 5.10. The Labute approximate surface area is 202 Å². The summed E-state index contributed by atoms with van der Waals surface area (Å²) in [6.45, 7) is 5.56. The number of anilines is 1. The van der Waals surface area contributed by atoms with Crippen molar-refractivity contribution in [2.75, 3.05) is 18.5 Å². The van der Waals surface area contributed by atoms with E-state index in [1.54, 1.807) is 48.5 Å². The van der Waals surface area contributed by atoms with Crippen LogP contribution in [0.25, 0.3) is 0 Å². The first-order valence-electron chi connectivity index (χ1n) is 11.8. The molecule has 0 heterocycles. The SMILES string of the molecule is CCCCCCCOc1ccc(C(=O)NC(=S)Nc2ccccc2C(=O)NCCCC)cc1. The smallest absolute Gasteiger partial charge is 0.257 e. The van der Waals surface area contributed by atoms with E-state index in [0.29, 0.717) is 30.0 Å². The van der Waals surface area contributed by atoms with Gasteiger partial charge in [-0.2, -0.15) is 0 Å². The molecule has 2 aromatic rings. The van der Waals surface area contributed by atoms with Crippen LogP contribution in [0, 0.1) is 0 Å². The number of unbranched alkanes of at least 4 members (excludes halogenated alkanes) is 5. The number of nitrogens with one attached hydrogen (secondary N) is 3. The molecule has 0 saturated carbocycles. The third kappa shape index (κ3) is 9.61.